The second-order valence-electron chi connectivity index (χ2n) is 6.91. The lowest BCUT2D eigenvalue weighted by Gasteiger charge is -2.22. The minimum absolute atomic E-state index is 0.184. The summed E-state index contributed by atoms with van der Waals surface area (Å²) in [6.45, 7) is 6.84. The van der Waals surface area contributed by atoms with E-state index in [1.54, 1.807) is 29.2 Å². The van der Waals surface area contributed by atoms with Crippen LogP contribution in [-0.4, -0.2) is 24.2 Å². The zero-order chi connectivity index (χ0) is 22.2. The monoisotopic (exact) mass is 419 g/mol. The Labute approximate surface area is 181 Å². The molecule has 0 saturated heterocycles. The van der Waals surface area contributed by atoms with E-state index in [0.717, 1.165) is 22.8 Å². The van der Waals surface area contributed by atoms with Crippen molar-refractivity contribution in [2.24, 2.45) is 0 Å². The van der Waals surface area contributed by atoms with E-state index in [4.69, 9.17) is 19.3 Å². The van der Waals surface area contributed by atoms with Crippen LogP contribution in [0.2, 0.25) is 0 Å². The van der Waals surface area contributed by atoms with Gasteiger partial charge in [-0.25, -0.2) is 0 Å². The first-order valence-corrected chi connectivity index (χ1v) is 10.1. The number of ether oxygens (including phenoxy) is 2. The Hall–Kier alpha value is -3.79. The fourth-order valence-corrected chi connectivity index (χ4v) is 3.11. The standard InChI is InChI=1S/C24H25N3O4/c1-4-29-21-12-8-20(9-13-21)27(15-5-14-25)24(28)19-6-10-22(11-7-19)30-16-23-17(2)26-31-18(23)3/h6-13H,4-5,15-16H2,1-3H3. The van der Waals surface area contributed by atoms with Crippen LogP contribution in [0.25, 0.3) is 0 Å². The van der Waals surface area contributed by atoms with Gasteiger partial charge in [-0.3, -0.25) is 4.79 Å². The number of nitrogens with zero attached hydrogens (tertiary/aromatic N) is 3. The van der Waals surface area contributed by atoms with E-state index >= 15 is 0 Å². The maximum Gasteiger partial charge on any atom is 0.258 e. The van der Waals surface area contributed by atoms with E-state index < -0.39 is 0 Å². The number of carbonyl (C=O) groups is 1. The predicted molar refractivity (Wildman–Crippen MR) is 116 cm³/mol. The number of hydrogen-bond acceptors (Lipinski definition) is 6. The molecule has 0 aliphatic rings. The molecule has 1 aromatic heterocycles. The molecule has 0 radical (unpaired) electrons. The number of rotatable bonds is 9. The maximum absolute atomic E-state index is 13.1. The smallest absolute Gasteiger partial charge is 0.258 e. The first kappa shape index (κ1) is 21.9. The number of amides is 1. The Morgan fingerprint density at radius 1 is 1.06 bits per heavy atom. The van der Waals surface area contributed by atoms with Gasteiger partial charge in [0.05, 0.1) is 30.4 Å². The molecule has 3 rings (SSSR count). The van der Waals surface area contributed by atoms with E-state index in [0.29, 0.717) is 36.8 Å². The molecular formula is C24H25N3O4. The molecule has 3 aromatic rings. The molecule has 0 fully saturated rings. The molecule has 7 nitrogen and oxygen atoms in total. The van der Waals surface area contributed by atoms with Crippen LogP contribution >= 0.6 is 0 Å². The largest absolute Gasteiger partial charge is 0.494 e. The van der Waals surface area contributed by atoms with Crippen LogP contribution in [0.5, 0.6) is 11.5 Å². The lowest BCUT2D eigenvalue weighted by molar-refractivity contribution is 0.0987. The number of benzene rings is 2. The molecule has 0 unspecified atom stereocenters. The van der Waals surface area contributed by atoms with Crippen molar-refractivity contribution in [3.8, 4) is 17.6 Å². The third-order valence-electron chi connectivity index (χ3n) is 4.82. The van der Waals surface area contributed by atoms with E-state index in [1.165, 1.54) is 0 Å². The minimum Gasteiger partial charge on any atom is -0.494 e. The molecule has 0 aliphatic carbocycles. The highest BCUT2D eigenvalue weighted by Gasteiger charge is 2.18. The molecule has 0 bridgehead atoms. The van der Waals surface area contributed by atoms with E-state index in [9.17, 15) is 4.79 Å². The molecule has 0 spiro atoms. The zero-order valence-corrected chi connectivity index (χ0v) is 17.9. The summed E-state index contributed by atoms with van der Waals surface area (Å²) in [5.41, 5.74) is 2.94. The fraction of sp³-hybridized carbons (Fsp3) is 0.292. The predicted octanol–water partition coefficient (Wildman–Crippen LogP) is 4.83. The Morgan fingerprint density at radius 3 is 2.29 bits per heavy atom. The van der Waals surface area contributed by atoms with Gasteiger partial charge in [0.25, 0.3) is 5.91 Å². The summed E-state index contributed by atoms with van der Waals surface area (Å²) in [5, 5.41) is 12.9. The first-order chi connectivity index (χ1) is 15.0. The number of carbonyl (C=O) groups excluding carboxylic acids is 1. The van der Waals surface area contributed by atoms with Gasteiger partial charge < -0.3 is 18.9 Å². The highest BCUT2D eigenvalue weighted by Crippen LogP contribution is 2.23. The molecule has 0 aliphatic heterocycles. The summed E-state index contributed by atoms with van der Waals surface area (Å²) in [6.07, 6.45) is 0.234. The summed E-state index contributed by atoms with van der Waals surface area (Å²) >= 11 is 0. The number of anilines is 1. The van der Waals surface area contributed by atoms with Gasteiger partial charge in [-0.15, -0.1) is 0 Å². The summed E-state index contributed by atoms with van der Waals surface area (Å²) in [5.74, 6) is 1.92. The van der Waals surface area contributed by atoms with Gasteiger partial charge in [-0.1, -0.05) is 5.16 Å². The van der Waals surface area contributed by atoms with Crippen LogP contribution in [0.3, 0.4) is 0 Å². The molecule has 0 atom stereocenters. The highest BCUT2D eigenvalue weighted by molar-refractivity contribution is 6.06. The van der Waals surface area contributed by atoms with Gasteiger partial charge in [0.15, 0.2) is 0 Å². The van der Waals surface area contributed by atoms with Crippen LogP contribution in [0.15, 0.2) is 53.1 Å². The average Bonchev–Trinajstić information content (AvgIpc) is 3.11. The topological polar surface area (TPSA) is 88.6 Å². The second-order valence-corrected chi connectivity index (χ2v) is 6.91. The lowest BCUT2D eigenvalue weighted by atomic mass is 10.1. The average molecular weight is 419 g/mol. The summed E-state index contributed by atoms with van der Waals surface area (Å²) < 4.78 is 16.4. The van der Waals surface area contributed by atoms with Gasteiger partial charge in [-0.05, 0) is 69.3 Å². The zero-order valence-electron chi connectivity index (χ0n) is 17.9. The van der Waals surface area contributed by atoms with Crippen molar-refractivity contribution in [2.75, 3.05) is 18.1 Å². The Bertz CT molecular complexity index is 1030. The third kappa shape index (κ3) is 5.43. The van der Waals surface area contributed by atoms with Crippen molar-refractivity contribution in [2.45, 2.75) is 33.8 Å². The van der Waals surface area contributed by atoms with Gasteiger partial charge in [0, 0.05) is 17.8 Å². The van der Waals surface area contributed by atoms with Crippen molar-refractivity contribution in [3.05, 3.63) is 71.1 Å². The Morgan fingerprint density at radius 2 is 1.71 bits per heavy atom. The minimum atomic E-state index is -0.184. The van der Waals surface area contributed by atoms with Gasteiger partial charge >= 0.3 is 0 Å². The van der Waals surface area contributed by atoms with Crippen LogP contribution in [0, 0.1) is 25.2 Å². The molecule has 31 heavy (non-hydrogen) atoms. The number of hydrogen-bond donors (Lipinski definition) is 0. The van der Waals surface area contributed by atoms with Gasteiger partial charge in [0.2, 0.25) is 0 Å². The molecule has 7 heteroatoms. The summed E-state index contributed by atoms with van der Waals surface area (Å²) in [4.78, 5) is 14.7. The molecule has 1 heterocycles. The quantitative estimate of drug-likeness (QED) is 0.494. The Balaban J connectivity index is 1.72. The summed E-state index contributed by atoms with van der Waals surface area (Å²) in [7, 11) is 0. The Kier molecular flexibility index (Phi) is 7.28. The number of aryl methyl sites for hydroxylation is 2. The van der Waals surface area contributed by atoms with Gasteiger partial charge in [-0.2, -0.15) is 5.26 Å². The molecule has 2 aromatic carbocycles. The number of aromatic nitrogens is 1. The molecule has 160 valence electrons. The van der Waals surface area contributed by atoms with Crippen molar-refractivity contribution in [1.82, 2.24) is 5.16 Å². The fourth-order valence-electron chi connectivity index (χ4n) is 3.11. The summed E-state index contributed by atoms with van der Waals surface area (Å²) in [6, 6.07) is 16.3. The van der Waals surface area contributed by atoms with Crippen molar-refractivity contribution in [3.63, 3.8) is 0 Å². The molecule has 0 saturated carbocycles. The normalized spacial score (nSPS) is 10.4. The molecular weight excluding hydrogens is 394 g/mol. The van der Waals surface area contributed by atoms with Crippen molar-refractivity contribution >= 4 is 11.6 Å². The van der Waals surface area contributed by atoms with Crippen molar-refractivity contribution < 1.29 is 18.8 Å². The van der Waals surface area contributed by atoms with Crippen LogP contribution in [0.4, 0.5) is 5.69 Å². The number of nitriles is 1. The van der Waals surface area contributed by atoms with Crippen molar-refractivity contribution in [1.29, 1.82) is 5.26 Å². The first-order valence-electron chi connectivity index (χ1n) is 10.1. The van der Waals surface area contributed by atoms with E-state index in [2.05, 4.69) is 11.2 Å². The van der Waals surface area contributed by atoms with E-state index in [1.807, 2.05) is 45.0 Å². The van der Waals surface area contributed by atoms with Crippen LogP contribution < -0.4 is 14.4 Å². The van der Waals surface area contributed by atoms with Gasteiger partial charge in [0.1, 0.15) is 23.9 Å². The maximum atomic E-state index is 13.1. The SMILES string of the molecule is CCOc1ccc(N(CCC#N)C(=O)c2ccc(OCc3c(C)noc3C)cc2)cc1. The molecule has 1 amide bonds. The lowest BCUT2D eigenvalue weighted by Crippen LogP contribution is -2.31. The van der Waals surface area contributed by atoms with Crippen LogP contribution in [-0.2, 0) is 6.61 Å². The van der Waals surface area contributed by atoms with E-state index in [-0.39, 0.29) is 12.3 Å². The third-order valence-corrected chi connectivity index (χ3v) is 4.82. The second kappa shape index (κ2) is 10.3. The van der Waals surface area contributed by atoms with Crippen LogP contribution in [0.1, 0.15) is 40.7 Å². The highest BCUT2D eigenvalue weighted by atomic mass is 16.5. The molecule has 0 N–H and O–H groups in total.